The Balaban J connectivity index is 1.63. The molecule has 0 saturated carbocycles. The van der Waals surface area contributed by atoms with Crippen LogP contribution in [0.1, 0.15) is 29.1 Å². The summed E-state index contributed by atoms with van der Waals surface area (Å²) in [4.78, 5) is 22.2. The Kier molecular flexibility index (Phi) is 3.83. The zero-order chi connectivity index (χ0) is 15.8. The number of aromatic amines is 1. The molecular formula is C17H16ClN3OS. The van der Waals surface area contributed by atoms with Gasteiger partial charge < -0.3 is 10.3 Å². The number of nitrogens with zero attached hydrogens (tertiary/aromatic N) is 1. The highest BCUT2D eigenvalue weighted by Crippen LogP contribution is 2.33. The molecule has 4 nitrogen and oxygen atoms in total. The summed E-state index contributed by atoms with van der Waals surface area (Å²) in [6.45, 7) is 0.482. The standard InChI is InChI=1S/C17H16ClN3OS/c18-10-5-7-11(8-6-10)19-9-14-20-16(22)15-12-3-1-2-4-13(12)23-17(15)21-14/h5-8,19H,1-4,9H2,(H,20,21,22). The Morgan fingerprint density at radius 1 is 1.22 bits per heavy atom. The van der Waals surface area contributed by atoms with Crippen molar-refractivity contribution in [3.05, 3.63) is 55.9 Å². The molecule has 0 unspecified atom stereocenters. The Morgan fingerprint density at radius 2 is 2.00 bits per heavy atom. The summed E-state index contributed by atoms with van der Waals surface area (Å²) in [6.07, 6.45) is 4.46. The number of anilines is 1. The van der Waals surface area contributed by atoms with Gasteiger partial charge >= 0.3 is 0 Å². The summed E-state index contributed by atoms with van der Waals surface area (Å²) in [6, 6.07) is 7.47. The van der Waals surface area contributed by atoms with E-state index in [4.69, 9.17) is 11.6 Å². The van der Waals surface area contributed by atoms with Crippen LogP contribution in [-0.4, -0.2) is 9.97 Å². The number of fused-ring (bicyclic) bond motifs is 3. The molecule has 0 saturated heterocycles. The van der Waals surface area contributed by atoms with E-state index < -0.39 is 0 Å². The minimum Gasteiger partial charge on any atom is -0.378 e. The predicted molar refractivity (Wildman–Crippen MR) is 95.7 cm³/mol. The van der Waals surface area contributed by atoms with Crippen LogP contribution in [0.2, 0.25) is 5.02 Å². The summed E-state index contributed by atoms with van der Waals surface area (Å²) in [7, 11) is 0. The third kappa shape index (κ3) is 2.86. The van der Waals surface area contributed by atoms with Gasteiger partial charge in [-0.2, -0.15) is 0 Å². The van der Waals surface area contributed by atoms with E-state index in [9.17, 15) is 4.79 Å². The maximum atomic E-state index is 12.5. The first-order valence-corrected chi connectivity index (χ1v) is 8.93. The van der Waals surface area contributed by atoms with Gasteiger partial charge in [-0.05, 0) is 55.5 Å². The normalized spacial score (nSPS) is 14.0. The number of aromatic nitrogens is 2. The zero-order valence-corrected chi connectivity index (χ0v) is 14.1. The second kappa shape index (κ2) is 5.98. The number of hydrogen-bond donors (Lipinski definition) is 2. The van der Waals surface area contributed by atoms with Crippen LogP contribution in [0.15, 0.2) is 29.1 Å². The molecule has 23 heavy (non-hydrogen) atoms. The first kappa shape index (κ1) is 14.7. The summed E-state index contributed by atoms with van der Waals surface area (Å²) in [5.74, 6) is 0.663. The van der Waals surface area contributed by atoms with Crippen LogP contribution in [0.3, 0.4) is 0 Å². The van der Waals surface area contributed by atoms with Crippen molar-refractivity contribution < 1.29 is 0 Å². The molecule has 3 aromatic rings. The molecule has 0 aliphatic heterocycles. The average molecular weight is 346 g/mol. The molecule has 2 N–H and O–H groups in total. The lowest BCUT2D eigenvalue weighted by molar-refractivity contribution is 0.700. The van der Waals surface area contributed by atoms with Crippen molar-refractivity contribution in [1.82, 2.24) is 9.97 Å². The van der Waals surface area contributed by atoms with Gasteiger partial charge in [0.05, 0.1) is 11.9 Å². The van der Waals surface area contributed by atoms with Crippen molar-refractivity contribution in [1.29, 1.82) is 0 Å². The van der Waals surface area contributed by atoms with E-state index in [1.807, 2.05) is 24.3 Å². The molecule has 2 heterocycles. The lowest BCUT2D eigenvalue weighted by Crippen LogP contribution is -2.15. The summed E-state index contributed by atoms with van der Waals surface area (Å²) >= 11 is 7.55. The van der Waals surface area contributed by atoms with Gasteiger partial charge in [-0.3, -0.25) is 4.79 Å². The van der Waals surface area contributed by atoms with Crippen molar-refractivity contribution in [3.63, 3.8) is 0 Å². The molecule has 0 atom stereocenters. The van der Waals surface area contributed by atoms with Crippen LogP contribution in [0.25, 0.3) is 10.2 Å². The van der Waals surface area contributed by atoms with Crippen LogP contribution >= 0.6 is 22.9 Å². The van der Waals surface area contributed by atoms with Gasteiger partial charge in [-0.15, -0.1) is 11.3 Å². The van der Waals surface area contributed by atoms with Gasteiger partial charge in [-0.25, -0.2) is 4.98 Å². The first-order chi connectivity index (χ1) is 11.2. The van der Waals surface area contributed by atoms with Crippen molar-refractivity contribution >= 4 is 38.8 Å². The number of hydrogen-bond acceptors (Lipinski definition) is 4. The number of thiophene rings is 1. The van der Waals surface area contributed by atoms with Crippen LogP contribution in [0, 0.1) is 0 Å². The van der Waals surface area contributed by atoms with Gasteiger partial charge in [0.15, 0.2) is 0 Å². The molecule has 4 rings (SSSR count). The second-order valence-electron chi connectivity index (χ2n) is 5.76. The fraction of sp³-hybridized carbons (Fsp3) is 0.294. The monoisotopic (exact) mass is 345 g/mol. The molecule has 1 aliphatic rings. The van der Waals surface area contributed by atoms with Crippen molar-refractivity contribution in [2.75, 3.05) is 5.32 Å². The second-order valence-corrected chi connectivity index (χ2v) is 7.28. The lowest BCUT2D eigenvalue weighted by atomic mass is 9.97. The molecular weight excluding hydrogens is 330 g/mol. The maximum absolute atomic E-state index is 12.5. The van der Waals surface area contributed by atoms with Crippen molar-refractivity contribution in [2.24, 2.45) is 0 Å². The maximum Gasteiger partial charge on any atom is 0.259 e. The Hall–Kier alpha value is -1.85. The predicted octanol–water partition coefficient (Wildman–Crippen LogP) is 4.13. The molecule has 1 aromatic carbocycles. The smallest absolute Gasteiger partial charge is 0.259 e. The third-order valence-electron chi connectivity index (χ3n) is 4.18. The van der Waals surface area contributed by atoms with Gasteiger partial charge in [0.1, 0.15) is 10.7 Å². The first-order valence-electron chi connectivity index (χ1n) is 7.73. The highest BCUT2D eigenvalue weighted by atomic mass is 35.5. The highest BCUT2D eigenvalue weighted by Gasteiger charge is 2.19. The molecule has 0 spiro atoms. The Morgan fingerprint density at radius 3 is 2.83 bits per heavy atom. The number of rotatable bonds is 3. The van der Waals surface area contributed by atoms with Crippen LogP contribution in [-0.2, 0) is 19.4 Å². The third-order valence-corrected chi connectivity index (χ3v) is 5.62. The fourth-order valence-corrected chi connectivity index (χ4v) is 4.45. The molecule has 1 aliphatic carbocycles. The van der Waals surface area contributed by atoms with Crippen LogP contribution in [0.4, 0.5) is 5.69 Å². The van der Waals surface area contributed by atoms with E-state index in [1.54, 1.807) is 11.3 Å². The van der Waals surface area contributed by atoms with E-state index in [0.717, 1.165) is 35.2 Å². The fourth-order valence-electron chi connectivity index (χ4n) is 3.05. The van der Waals surface area contributed by atoms with Gasteiger partial charge in [0, 0.05) is 15.6 Å². The minimum absolute atomic E-state index is 0.0118. The largest absolute Gasteiger partial charge is 0.378 e. The van der Waals surface area contributed by atoms with E-state index >= 15 is 0 Å². The number of nitrogens with one attached hydrogen (secondary N) is 2. The van der Waals surface area contributed by atoms with Crippen molar-refractivity contribution in [2.45, 2.75) is 32.2 Å². The van der Waals surface area contributed by atoms with E-state index in [0.29, 0.717) is 17.4 Å². The Bertz CT molecular complexity index is 914. The van der Waals surface area contributed by atoms with Gasteiger partial charge in [0.25, 0.3) is 5.56 Å². The number of benzene rings is 1. The van der Waals surface area contributed by atoms with E-state index in [1.165, 1.54) is 16.9 Å². The van der Waals surface area contributed by atoms with Crippen LogP contribution in [0.5, 0.6) is 0 Å². The Labute approximate surface area is 142 Å². The van der Waals surface area contributed by atoms with E-state index in [2.05, 4.69) is 15.3 Å². The molecule has 0 bridgehead atoms. The molecule has 118 valence electrons. The SMILES string of the molecule is O=c1[nH]c(CNc2ccc(Cl)cc2)nc2sc3c(c12)CCCC3. The lowest BCUT2D eigenvalue weighted by Gasteiger charge is -2.09. The van der Waals surface area contributed by atoms with Gasteiger partial charge in [-0.1, -0.05) is 11.6 Å². The summed E-state index contributed by atoms with van der Waals surface area (Å²) < 4.78 is 0. The number of H-pyrrole nitrogens is 1. The average Bonchev–Trinajstić information content (AvgIpc) is 2.93. The number of aryl methyl sites for hydroxylation is 2. The molecule has 0 fully saturated rings. The summed E-state index contributed by atoms with van der Waals surface area (Å²) in [5.41, 5.74) is 2.16. The molecule has 2 aromatic heterocycles. The minimum atomic E-state index is -0.0118. The van der Waals surface area contributed by atoms with Crippen LogP contribution < -0.4 is 10.9 Å². The molecule has 0 amide bonds. The summed E-state index contributed by atoms with van der Waals surface area (Å²) in [5, 5.41) is 4.76. The highest BCUT2D eigenvalue weighted by molar-refractivity contribution is 7.18. The van der Waals surface area contributed by atoms with Gasteiger partial charge in [0.2, 0.25) is 0 Å². The quantitative estimate of drug-likeness (QED) is 0.750. The zero-order valence-electron chi connectivity index (χ0n) is 12.5. The molecule has 0 radical (unpaired) electrons. The topological polar surface area (TPSA) is 57.8 Å². The molecule has 6 heteroatoms. The number of halogens is 1. The van der Waals surface area contributed by atoms with Crippen molar-refractivity contribution in [3.8, 4) is 0 Å². The van der Waals surface area contributed by atoms with E-state index in [-0.39, 0.29) is 5.56 Å².